The quantitative estimate of drug-likeness (QED) is 0.630. The maximum atomic E-state index is 2.33. The van der Waals surface area contributed by atoms with Gasteiger partial charge in [0.2, 0.25) is 7.92 Å². The van der Waals surface area contributed by atoms with Crippen molar-refractivity contribution in [2.75, 3.05) is 0 Å². The van der Waals surface area contributed by atoms with Gasteiger partial charge in [-0.1, -0.05) is 36.4 Å². The second-order valence-electron chi connectivity index (χ2n) is 5.85. The van der Waals surface area contributed by atoms with E-state index < -0.39 is 7.92 Å². The number of hydrogen-bond donors (Lipinski definition) is 0. The van der Waals surface area contributed by atoms with Gasteiger partial charge in [0.15, 0.2) is 0 Å². The average molecular weight is 304 g/mol. The normalized spacial score (nSPS) is 10.9. The first-order valence-corrected chi connectivity index (χ1v) is 8.98. The first kappa shape index (κ1) is 15.0. The Hall–Kier alpha value is -1.91. The molecule has 0 aromatic heterocycles. The highest BCUT2D eigenvalue weighted by atomic mass is 31.1. The molecular weight excluding hydrogens is 283 g/mol. The zero-order valence-corrected chi connectivity index (χ0v) is 14.3. The molecule has 0 saturated carbocycles. The fourth-order valence-corrected chi connectivity index (χ4v) is 5.35. The molecule has 0 unspecified atom stereocenters. The minimum absolute atomic E-state index is 0.495. The molecule has 3 aromatic rings. The summed E-state index contributed by atoms with van der Waals surface area (Å²) in [5.41, 5.74) is 3.97. The molecule has 0 amide bonds. The van der Waals surface area contributed by atoms with Gasteiger partial charge in [0.1, 0.15) is 15.9 Å². The van der Waals surface area contributed by atoms with Crippen LogP contribution in [-0.2, 0) is 0 Å². The van der Waals surface area contributed by atoms with Crippen LogP contribution in [0, 0.1) is 20.8 Å². The van der Waals surface area contributed by atoms with Crippen molar-refractivity contribution in [2.24, 2.45) is 0 Å². The van der Waals surface area contributed by atoms with Crippen LogP contribution in [0.15, 0.2) is 72.8 Å². The van der Waals surface area contributed by atoms with Crippen LogP contribution in [0.1, 0.15) is 16.7 Å². The Morgan fingerprint density at radius 3 is 1.09 bits per heavy atom. The molecule has 0 N–H and O–H groups in total. The molecule has 0 bridgehead atoms. The Morgan fingerprint density at radius 1 is 0.500 bits per heavy atom. The van der Waals surface area contributed by atoms with Crippen molar-refractivity contribution < 1.29 is 0 Å². The van der Waals surface area contributed by atoms with Crippen molar-refractivity contribution in [3.05, 3.63) is 89.5 Å². The van der Waals surface area contributed by atoms with Gasteiger partial charge in [0.25, 0.3) is 0 Å². The Labute approximate surface area is 134 Å². The molecule has 0 saturated heterocycles. The van der Waals surface area contributed by atoms with Crippen LogP contribution in [0.4, 0.5) is 0 Å². The second-order valence-corrected chi connectivity index (χ2v) is 8.07. The van der Waals surface area contributed by atoms with Gasteiger partial charge in [-0.05, 0) is 73.9 Å². The number of aryl methyl sites for hydroxylation is 3. The predicted molar refractivity (Wildman–Crippen MR) is 99.4 cm³/mol. The summed E-state index contributed by atoms with van der Waals surface area (Å²) >= 11 is 0. The highest BCUT2D eigenvalue weighted by Crippen LogP contribution is 2.33. The Balaban J connectivity index is 2.18. The number of hydrogen-bond acceptors (Lipinski definition) is 0. The van der Waals surface area contributed by atoms with Crippen LogP contribution in [-0.4, -0.2) is 0 Å². The van der Waals surface area contributed by atoms with E-state index in [4.69, 9.17) is 0 Å². The van der Waals surface area contributed by atoms with Crippen molar-refractivity contribution in [2.45, 2.75) is 20.8 Å². The number of benzene rings is 3. The summed E-state index contributed by atoms with van der Waals surface area (Å²) in [5, 5.41) is 4.27. The standard InChI is InChI=1S/C21H21P/c1-16-7-4-10-19(13-16)22(20-11-5-8-17(2)14-20)21-12-6-9-18(3)15-21/h4-15H,1-3H3/q+1. The van der Waals surface area contributed by atoms with Gasteiger partial charge in [-0.25, -0.2) is 0 Å². The molecule has 0 fully saturated rings. The second kappa shape index (κ2) is 6.46. The molecule has 0 spiro atoms. The largest absolute Gasteiger partial charge is 0.246 e. The predicted octanol–water partition coefficient (Wildman–Crippen LogP) is 4.37. The van der Waals surface area contributed by atoms with Crippen LogP contribution in [0.2, 0.25) is 0 Å². The van der Waals surface area contributed by atoms with Crippen LogP contribution < -0.4 is 15.9 Å². The average Bonchev–Trinajstić information content (AvgIpc) is 2.48. The van der Waals surface area contributed by atoms with Crippen LogP contribution in [0.5, 0.6) is 0 Å². The summed E-state index contributed by atoms with van der Waals surface area (Å²) in [5.74, 6) is 0. The highest BCUT2D eigenvalue weighted by Gasteiger charge is 2.31. The van der Waals surface area contributed by atoms with E-state index in [-0.39, 0.29) is 0 Å². The minimum Gasteiger partial charge on any atom is -0.0590 e. The molecule has 0 nitrogen and oxygen atoms in total. The van der Waals surface area contributed by atoms with Gasteiger partial charge in [-0.3, -0.25) is 0 Å². The van der Waals surface area contributed by atoms with Gasteiger partial charge >= 0.3 is 0 Å². The summed E-state index contributed by atoms with van der Waals surface area (Å²) in [7, 11) is -0.495. The summed E-state index contributed by atoms with van der Waals surface area (Å²) in [6.45, 7) is 6.51. The molecule has 0 aliphatic rings. The van der Waals surface area contributed by atoms with E-state index >= 15 is 0 Å². The van der Waals surface area contributed by atoms with Crippen molar-refractivity contribution in [1.82, 2.24) is 0 Å². The summed E-state index contributed by atoms with van der Waals surface area (Å²) in [6, 6.07) is 26.8. The maximum Gasteiger partial charge on any atom is 0.246 e. The van der Waals surface area contributed by atoms with Crippen molar-refractivity contribution in [3.8, 4) is 0 Å². The first-order chi connectivity index (χ1) is 10.6. The zero-order valence-electron chi connectivity index (χ0n) is 13.4. The molecule has 22 heavy (non-hydrogen) atoms. The van der Waals surface area contributed by atoms with E-state index in [1.165, 1.54) is 32.6 Å². The number of rotatable bonds is 3. The maximum absolute atomic E-state index is 2.33. The zero-order chi connectivity index (χ0) is 15.5. The molecule has 0 atom stereocenters. The minimum atomic E-state index is -0.495. The molecule has 0 aliphatic heterocycles. The third kappa shape index (κ3) is 3.29. The van der Waals surface area contributed by atoms with E-state index in [0.29, 0.717) is 0 Å². The monoisotopic (exact) mass is 304 g/mol. The van der Waals surface area contributed by atoms with E-state index in [1.54, 1.807) is 0 Å². The third-order valence-electron chi connectivity index (χ3n) is 3.78. The smallest absolute Gasteiger partial charge is 0.0590 e. The van der Waals surface area contributed by atoms with Crippen molar-refractivity contribution in [3.63, 3.8) is 0 Å². The van der Waals surface area contributed by atoms with Gasteiger partial charge in [0, 0.05) is 0 Å². The van der Waals surface area contributed by atoms with E-state index in [1.807, 2.05) is 0 Å². The Morgan fingerprint density at radius 2 is 0.818 bits per heavy atom. The van der Waals surface area contributed by atoms with E-state index in [9.17, 15) is 0 Å². The lowest BCUT2D eigenvalue weighted by molar-refractivity contribution is 1.48. The molecule has 3 rings (SSSR count). The Bertz CT molecular complexity index is 681. The molecule has 3 aromatic carbocycles. The van der Waals surface area contributed by atoms with Gasteiger partial charge < -0.3 is 0 Å². The van der Waals surface area contributed by atoms with Gasteiger partial charge in [-0.15, -0.1) is 0 Å². The topological polar surface area (TPSA) is 0 Å². The SMILES string of the molecule is Cc1cccc([P+](c2cccc(C)c2)c2cccc(C)c2)c1. The lowest BCUT2D eigenvalue weighted by Gasteiger charge is -2.07. The van der Waals surface area contributed by atoms with Crippen LogP contribution >= 0.6 is 7.92 Å². The summed E-state index contributed by atoms with van der Waals surface area (Å²) < 4.78 is 0. The van der Waals surface area contributed by atoms with Crippen molar-refractivity contribution >= 4 is 23.8 Å². The van der Waals surface area contributed by atoms with E-state index in [0.717, 1.165) is 0 Å². The third-order valence-corrected chi connectivity index (χ3v) is 6.16. The van der Waals surface area contributed by atoms with E-state index in [2.05, 4.69) is 93.6 Å². The van der Waals surface area contributed by atoms with Gasteiger partial charge in [0.05, 0.1) is 0 Å². The first-order valence-electron chi connectivity index (χ1n) is 7.63. The van der Waals surface area contributed by atoms with Gasteiger partial charge in [-0.2, -0.15) is 0 Å². The molecular formula is C21H21P+. The molecule has 1 heteroatoms. The molecule has 0 aliphatic carbocycles. The lowest BCUT2D eigenvalue weighted by Crippen LogP contribution is -2.21. The van der Waals surface area contributed by atoms with Crippen molar-refractivity contribution in [1.29, 1.82) is 0 Å². The molecule has 109 valence electrons. The lowest BCUT2D eigenvalue weighted by atomic mass is 10.2. The highest BCUT2D eigenvalue weighted by molar-refractivity contribution is 7.79. The van der Waals surface area contributed by atoms with Crippen LogP contribution in [0.3, 0.4) is 0 Å². The molecule has 0 heterocycles. The molecule has 1 radical (unpaired) electrons. The fraction of sp³-hybridized carbons (Fsp3) is 0.143. The fourth-order valence-electron chi connectivity index (χ4n) is 2.75. The van der Waals surface area contributed by atoms with Crippen LogP contribution in [0.25, 0.3) is 0 Å². The summed E-state index contributed by atoms with van der Waals surface area (Å²) in [6.07, 6.45) is 0. The summed E-state index contributed by atoms with van der Waals surface area (Å²) in [4.78, 5) is 0. The Kier molecular flexibility index (Phi) is 4.41.